The van der Waals surface area contributed by atoms with E-state index in [4.69, 9.17) is 4.74 Å². The smallest absolute Gasteiger partial charge is 0.311 e. The van der Waals surface area contributed by atoms with Gasteiger partial charge in [0.05, 0.1) is 13.0 Å². The third-order valence-corrected chi connectivity index (χ3v) is 2.87. The van der Waals surface area contributed by atoms with Crippen LogP contribution >= 0.6 is 24.0 Å². The highest BCUT2D eigenvalue weighted by Crippen LogP contribution is 2.15. The minimum atomic E-state index is -0.197. The van der Waals surface area contributed by atoms with Crippen molar-refractivity contribution in [2.45, 2.75) is 19.1 Å². The Labute approximate surface area is 86.5 Å². The second kappa shape index (κ2) is 5.24. The molecule has 0 amide bonds. The summed E-state index contributed by atoms with van der Waals surface area (Å²) in [7, 11) is 0. The van der Waals surface area contributed by atoms with Gasteiger partial charge in [-0.15, -0.1) is 11.3 Å². The highest BCUT2D eigenvalue weighted by Gasteiger charge is 2.06. The molecular weight excluding hydrogens is 206 g/mol. The monoisotopic (exact) mass is 217 g/mol. The summed E-state index contributed by atoms with van der Waals surface area (Å²) in [5, 5.41) is 0.933. The molecule has 5 heteroatoms. The Morgan fingerprint density at radius 1 is 1.77 bits per heavy atom. The molecular formula is C8H11NO2S2. The summed E-state index contributed by atoms with van der Waals surface area (Å²) in [6.07, 6.45) is 2.02. The molecule has 0 radical (unpaired) electrons. The average molecular weight is 217 g/mol. The first-order valence-corrected chi connectivity index (χ1v) is 5.41. The molecule has 0 saturated carbocycles. The number of hydrogen-bond donors (Lipinski definition) is 1. The zero-order valence-corrected chi connectivity index (χ0v) is 9.03. The minimum Gasteiger partial charge on any atom is -0.466 e. The summed E-state index contributed by atoms with van der Waals surface area (Å²) in [6, 6.07) is 0. The number of carbonyl (C=O) groups excluding carboxylic acids is 1. The van der Waals surface area contributed by atoms with Crippen LogP contribution in [0.5, 0.6) is 0 Å². The molecule has 0 N–H and O–H groups in total. The van der Waals surface area contributed by atoms with Gasteiger partial charge in [0.25, 0.3) is 0 Å². The van der Waals surface area contributed by atoms with E-state index in [1.54, 1.807) is 13.1 Å². The van der Waals surface area contributed by atoms with Crippen LogP contribution in [-0.4, -0.2) is 17.6 Å². The SMILES string of the molecule is CCOC(=O)Cc1cnc(CS)s1. The molecule has 3 nitrogen and oxygen atoms in total. The van der Waals surface area contributed by atoms with Gasteiger partial charge in [-0.25, -0.2) is 4.98 Å². The molecule has 0 bridgehead atoms. The van der Waals surface area contributed by atoms with E-state index in [2.05, 4.69) is 17.6 Å². The van der Waals surface area contributed by atoms with Crippen molar-refractivity contribution >= 4 is 29.9 Å². The Morgan fingerprint density at radius 2 is 2.54 bits per heavy atom. The van der Waals surface area contributed by atoms with Crippen LogP contribution in [0.4, 0.5) is 0 Å². The molecule has 1 heterocycles. The number of ether oxygens (including phenoxy) is 1. The van der Waals surface area contributed by atoms with E-state index in [1.165, 1.54) is 11.3 Å². The van der Waals surface area contributed by atoms with Crippen LogP contribution in [0.15, 0.2) is 6.20 Å². The van der Waals surface area contributed by atoms with Crippen LogP contribution in [0, 0.1) is 0 Å². The summed E-state index contributed by atoms with van der Waals surface area (Å²) < 4.78 is 4.81. The lowest BCUT2D eigenvalue weighted by Gasteiger charge is -1.97. The van der Waals surface area contributed by atoms with E-state index in [0.29, 0.717) is 18.8 Å². The normalized spacial score (nSPS) is 10.0. The molecule has 1 aromatic heterocycles. The van der Waals surface area contributed by atoms with Gasteiger partial charge in [0.15, 0.2) is 0 Å². The first kappa shape index (κ1) is 10.5. The third kappa shape index (κ3) is 3.36. The summed E-state index contributed by atoms with van der Waals surface area (Å²) in [4.78, 5) is 16.1. The predicted octanol–water partition coefficient (Wildman–Crippen LogP) is 1.68. The van der Waals surface area contributed by atoms with E-state index in [9.17, 15) is 4.79 Å². The number of rotatable bonds is 4. The largest absolute Gasteiger partial charge is 0.466 e. The van der Waals surface area contributed by atoms with Crippen LogP contribution in [0.2, 0.25) is 0 Å². The maximum absolute atomic E-state index is 11.0. The Hall–Kier alpha value is -0.550. The van der Waals surface area contributed by atoms with Gasteiger partial charge in [-0.3, -0.25) is 4.79 Å². The number of thiazole rings is 1. The molecule has 0 aliphatic rings. The summed E-state index contributed by atoms with van der Waals surface area (Å²) in [5.74, 6) is 0.421. The number of esters is 1. The molecule has 72 valence electrons. The lowest BCUT2D eigenvalue weighted by atomic mass is 10.4. The molecule has 0 spiro atoms. The zero-order valence-electron chi connectivity index (χ0n) is 7.32. The van der Waals surface area contributed by atoms with Gasteiger partial charge >= 0.3 is 5.97 Å². The fourth-order valence-electron chi connectivity index (χ4n) is 0.857. The van der Waals surface area contributed by atoms with Crippen LogP contribution in [0.3, 0.4) is 0 Å². The Kier molecular flexibility index (Phi) is 4.24. The number of aromatic nitrogens is 1. The molecule has 1 rings (SSSR count). The van der Waals surface area contributed by atoms with Crippen molar-refractivity contribution in [1.82, 2.24) is 4.98 Å². The molecule has 1 aromatic rings. The van der Waals surface area contributed by atoms with Crippen molar-refractivity contribution in [3.63, 3.8) is 0 Å². The van der Waals surface area contributed by atoms with Crippen LogP contribution in [-0.2, 0) is 21.7 Å². The molecule has 0 unspecified atom stereocenters. The molecule has 0 aliphatic carbocycles. The van der Waals surface area contributed by atoms with E-state index >= 15 is 0 Å². The second-order valence-corrected chi connectivity index (χ2v) is 3.88. The van der Waals surface area contributed by atoms with Gasteiger partial charge in [-0.2, -0.15) is 12.6 Å². The molecule has 0 atom stereocenters. The van der Waals surface area contributed by atoms with Crippen molar-refractivity contribution in [2.75, 3.05) is 6.61 Å². The fraction of sp³-hybridized carbons (Fsp3) is 0.500. The Balaban J connectivity index is 2.49. The predicted molar refractivity (Wildman–Crippen MR) is 55.1 cm³/mol. The van der Waals surface area contributed by atoms with Crippen molar-refractivity contribution in [3.8, 4) is 0 Å². The van der Waals surface area contributed by atoms with Gasteiger partial charge in [0, 0.05) is 16.8 Å². The first-order chi connectivity index (χ1) is 6.26. The maximum Gasteiger partial charge on any atom is 0.311 e. The van der Waals surface area contributed by atoms with Gasteiger partial charge in [0.1, 0.15) is 5.01 Å². The molecule has 0 saturated heterocycles. The first-order valence-electron chi connectivity index (χ1n) is 3.96. The Morgan fingerprint density at radius 3 is 3.08 bits per heavy atom. The van der Waals surface area contributed by atoms with Gasteiger partial charge in [-0.1, -0.05) is 0 Å². The standard InChI is InChI=1S/C8H11NO2S2/c1-2-11-8(10)3-6-4-9-7(5-12)13-6/h4,12H,2-3,5H2,1H3. The highest BCUT2D eigenvalue weighted by molar-refractivity contribution is 7.79. The van der Waals surface area contributed by atoms with Crippen LogP contribution < -0.4 is 0 Å². The quantitative estimate of drug-likeness (QED) is 0.616. The van der Waals surface area contributed by atoms with Gasteiger partial charge in [-0.05, 0) is 6.92 Å². The van der Waals surface area contributed by atoms with E-state index in [0.717, 1.165) is 9.88 Å². The Bertz CT molecular complexity index is 285. The van der Waals surface area contributed by atoms with Crippen molar-refractivity contribution in [1.29, 1.82) is 0 Å². The molecule has 0 aromatic carbocycles. The zero-order chi connectivity index (χ0) is 9.68. The molecule has 0 aliphatic heterocycles. The van der Waals surface area contributed by atoms with Crippen molar-refractivity contribution in [3.05, 3.63) is 16.1 Å². The second-order valence-electron chi connectivity index (χ2n) is 2.36. The van der Waals surface area contributed by atoms with Crippen molar-refractivity contribution in [2.24, 2.45) is 0 Å². The summed E-state index contributed by atoms with van der Waals surface area (Å²) >= 11 is 5.59. The van der Waals surface area contributed by atoms with Crippen molar-refractivity contribution < 1.29 is 9.53 Å². The van der Waals surface area contributed by atoms with Gasteiger partial charge in [0.2, 0.25) is 0 Å². The lowest BCUT2D eigenvalue weighted by Crippen LogP contribution is -2.06. The van der Waals surface area contributed by atoms with E-state index in [1.807, 2.05) is 0 Å². The number of carbonyl (C=O) groups is 1. The number of thiol groups is 1. The molecule has 0 fully saturated rings. The number of nitrogens with zero attached hydrogens (tertiary/aromatic N) is 1. The third-order valence-electron chi connectivity index (χ3n) is 1.36. The summed E-state index contributed by atoms with van der Waals surface area (Å²) in [5.41, 5.74) is 0. The topological polar surface area (TPSA) is 39.2 Å². The summed E-state index contributed by atoms with van der Waals surface area (Å²) in [6.45, 7) is 2.22. The van der Waals surface area contributed by atoms with Gasteiger partial charge < -0.3 is 4.74 Å². The highest BCUT2D eigenvalue weighted by atomic mass is 32.1. The lowest BCUT2D eigenvalue weighted by molar-refractivity contribution is -0.142. The molecule has 13 heavy (non-hydrogen) atoms. The minimum absolute atomic E-state index is 0.197. The van der Waals surface area contributed by atoms with E-state index in [-0.39, 0.29) is 5.97 Å². The van der Waals surface area contributed by atoms with E-state index < -0.39 is 0 Å². The average Bonchev–Trinajstić information content (AvgIpc) is 2.52. The number of hydrogen-bond acceptors (Lipinski definition) is 5. The fourth-order valence-corrected chi connectivity index (χ4v) is 1.90. The van der Waals surface area contributed by atoms with Crippen LogP contribution in [0.25, 0.3) is 0 Å². The maximum atomic E-state index is 11.0. The van der Waals surface area contributed by atoms with Crippen LogP contribution in [0.1, 0.15) is 16.8 Å².